The average Bonchev–Trinajstić information content (AvgIpc) is 2.58. The van der Waals surface area contributed by atoms with E-state index in [-0.39, 0.29) is 18.2 Å². The molecule has 1 aliphatic rings. The number of nitrogens with zero attached hydrogens (tertiary/aromatic N) is 1. The molecular weight excluding hydrogens is 328 g/mol. The second-order valence-electron chi connectivity index (χ2n) is 5.93. The van der Waals surface area contributed by atoms with Crippen LogP contribution in [0, 0.1) is 0 Å². The third-order valence-corrected chi connectivity index (χ3v) is 4.88. The maximum absolute atomic E-state index is 12.3. The SMILES string of the molecule is COc1ccc(C(C)N2CCC(CCCNS(C)=O)OC2=O)cc1. The molecule has 0 radical (unpaired) electrons. The van der Waals surface area contributed by atoms with Crippen molar-refractivity contribution in [3.8, 4) is 5.75 Å². The number of ether oxygens (including phenoxy) is 2. The van der Waals surface area contributed by atoms with Crippen LogP contribution in [0.5, 0.6) is 5.75 Å². The van der Waals surface area contributed by atoms with E-state index in [2.05, 4.69) is 4.72 Å². The standard InChI is InChI=1S/C17H26N2O4S/c1-13(14-6-8-15(22-2)9-7-14)19-12-10-16(23-17(19)20)5-4-11-18-24(3)21/h6-9,13,16,18H,4-5,10-12H2,1-3H3. The molecule has 3 atom stereocenters. The summed E-state index contributed by atoms with van der Waals surface area (Å²) in [5.74, 6) is 0.800. The normalized spacial score (nSPS) is 20.4. The van der Waals surface area contributed by atoms with E-state index in [9.17, 15) is 9.00 Å². The third-order valence-electron chi connectivity index (χ3n) is 4.27. The van der Waals surface area contributed by atoms with Crippen LogP contribution in [0.1, 0.15) is 37.8 Å². The highest BCUT2D eigenvalue weighted by Crippen LogP contribution is 2.27. The summed E-state index contributed by atoms with van der Waals surface area (Å²) in [6.45, 7) is 3.36. The Bertz CT molecular complexity index is 564. The quantitative estimate of drug-likeness (QED) is 0.729. The van der Waals surface area contributed by atoms with Crippen LogP contribution >= 0.6 is 0 Å². The maximum atomic E-state index is 12.3. The molecule has 1 aliphatic heterocycles. The number of carbonyl (C=O) groups excluding carboxylic acids is 1. The number of carbonyl (C=O) groups is 1. The van der Waals surface area contributed by atoms with Gasteiger partial charge in [-0.1, -0.05) is 12.1 Å². The zero-order valence-electron chi connectivity index (χ0n) is 14.5. The number of hydrogen-bond donors (Lipinski definition) is 1. The summed E-state index contributed by atoms with van der Waals surface area (Å²) in [5, 5.41) is 0. The Morgan fingerprint density at radius 1 is 1.42 bits per heavy atom. The van der Waals surface area contributed by atoms with Gasteiger partial charge in [0.1, 0.15) is 11.9 Å². The number of nitrogens with one attached hydrogen (secondary N) is 1. The molecule has 1 aromatic carbocycles. The summed E-state index contributed by atoms with van der Waals surface area (Å²) >= 11 is 0. The molecule has 3 unspecified atom stereocenters. The third kappa shape index (κ3) is 5.21. The largest absolute Gasteiger partial charge is 0.497 e. The maximum Gasteiger partial charge on any atom is 0.410 e. The summed E-state index contributed by atoms with van der Waals surface area (Å²) < 4.78 is 24.5. The van der Waals surface area contributed by atoms with Gasteiger partial charge in [0.05, 0.1) is 24.1 Å². The molecule has 1 heterocycles. The Labute approximate surface area is 146 Å². The predicted octanol–water partition coefficient (Wildman–Crippen LogP) is 2.63. The Hall–Kier alpha value is -1.60. The molecular formula is C17H26N2O4S. The van der Waals surface area contributed by atoms with Crippen LogP contribution in [0.3, 0.4) is 0 Å². The number of hydrogen-bond acceptors (Lipinski definition) is 4. The van der Waals surface area contributed by atoms with E-state index in [1.54, 1.807) is 18.3 Å². The van der Waals surface area contributed by atoms with Crippen molar-refractivity contribution in [1.82, 2.24) is 9.62 Å². The Morgan fingerprint density at radius 3 is 2.71 bits per heavy atom. The molecule has 1 N–H and O–H groups in total. The van der Waals surface area contributed by atoms with Gasteiger partial charge in [-0.2, -0.15) is 0 Å². The minimum atomic E-state index is -0.990. The van der Waals surface area contributed by atoms with Crippen LogP contribution in [0.2, 0.25) is 0 Å². The van der Waals surface area contributed by atoms with Gasteiger partial charge in [-0.3, -0.25) is 0 Å². The Kier molecular flexibility index (Phi) is 7.05. The van der Waals surface area contributed by atoms with Gasteiger partial charge < -0.3 is 14.4 Å². The molecule has 0 aromatic heterocycles. The highest BCUT2D eigenvalue weighted by molar-refractivity contribution is 7.82. The molecule has 0 aliphatic carbocycles. The van der Waals surface area contributed by atoms with Crippen LogP contribution in [0.4, 0.5) is 4.79 Å². The Morgan fingerprint density at radius 2 is 2.12 bits per heavy atom. The van der Waals surface area contributed by atoms with Gasteiger partial charge in [-0.05, 0) is 37.5 Å². The van der Waals surface area contributed by atoms with Gasteiger partial charge in [0.15, 0.2) is 0 Å². The number of methoxy groups -OCH3 is 1. The van der Waals surface area contributed by atoms with Crippen LogP contribution in [0.15, 0.2) is 24.3 Å². The van der Waals surface area contributed by atoms with Crippen molar-refractivity contribution in [3.63, 3.8) is 0 Å². The highest BCUT2D eigenvalue weighted by Gasteiger charge is 2.30. The Balaban J connectivity index is 1.83. The van der Waals surface area contributed by atoms with Gasteiger partial charge in [0.2, 0.25) is 0 Å². The first-order valence-corrected chi connectivity index (χ1v) is 9.75. The molecule has 1 aromatic rings. The van der Waals surface area contributed by atoms with Gasteiger partial charge >= 0.3 is 6.09 Å². The van der Waals surface area contributed by atoms with Crippen molar-refractivity contribution < 1.29 is 18.5 Å². The highest BCUT2D eigenvalue weighted by atomic mass is 32.2. The zero-order chi connectivity index (χ0) is 17.5. The zero-order valence-corrected chi connectivity index (χ0v) is 15.3. The van der Waals surface area contributed by atoms with Crippen molar-refractivity contribution in [2.75, 3.05) is 26.5 Å². The summed E-state index contributed by atoms with van der Waals surface area (Å²) in [4.78, 5) is 14.1. The lowest BCUT2D eigenvalue weighted by molar-refractivity contribution is 0.00942. The molecule has 1 amide bonds. The van der Waals surface area contributed by atoms with E-state index in [0.717, 1.165) is 30.6 Å². The minimum Gasteiger partial charge on any atom is -0.497 e. The second-order valence-corrected chi connectivity index (χ2v) is 7.12. The van der Waals surface area contributed by atoms with Crippen LogP contribution in [-0.2, 0) is 15.7 Å². The van der Waals surface area contributed by atoms with Crippen LogP contribution in [0.25, 0.3) is 0 Å². The summed E-state index contributed by atoms with van der Waals surface area (Å²) in [5.41, 5.74) is 1.06. The van der Waals surface area contributed by atoms with E-state index in [4.69, 9.17) is 9.47 Å². The fourth-order valence-corrected chi connectivity index (χ4v) is 3.24. The fourth-order valence-electron chi connectivity index (χ4n) is 2.81. The number of cyclic esters (lactones) is 1. The van der Waals surface area contributed by atoms with Crippen LogP contribution in [-0.4, -0.2) is 47.8 Å². The van der Waals surface area contributed by atoms with Gasteiger partial charge in [0, 0.05) is 25.8 Å². The molecule has 0 bridgehead atoms. The molecule has 7 heteroatoms. The first-order chi connectivity index (χ1) is 11.5. The lowest BCUT2D eigenvalue weighted by Gasteiger charge is -2.36. The topological polar surface area (TPSA) is 67.9 Å². The van der Waals surface area contributed by atoms with Crippen molar-refractivity contribution in [2.24, 2.45) is 0 Å². The van der Waals surface area contributed by atoms with Crippen molar-refractivity contribution in [1.29, 1.82) is 0 Å². The molecule has 24 heavy (non-hydrogen) atoms. The van der Waals surface area contributed by atoms with E-state index < -0.39 is 11.0 Å². The molecule has 6 nitrogen and oxygen atoms in total. The minimum absolute atomic E-state index is 0.0338. The lowest BCUT2D eigenvalue weighted by atomic mass is 10.0. The summed E-state index contributed by atoms with van der Waals surface area (Å²) in [6, 6.07) is 7.70. The molecule has 134 valence electrons. The molecule has 0 spiro atoms. The lowest BCUT2D eigenvalue weighted by Crippen LogP contribution is -2.43. The molecule has 2 rings (SSSR count). The molecule has 0 saturated carbocycles. The van der Waals surface area contributed by atoms with Crippen molar-refractivity contribution >= 4 is 17.1 Å². The monoisotopic (exact) mass is 354 g/mol. The van der Waals surface area contributed by atoms with Crippen molar-refractivity contribution in [2.45, 2.75) is 38.3 Å². The van der Waals surface area contributed by atoms with Gasteiger partial charge in [-0.25, -0.2) is 13.7 Å². The number of benzene rings is 1. The number of rotatable bonds is 8. The first-order valence-electron chi connectivity index (χ1n) is 8.19. The van der Waals surface area contributed by atoms with E-state index in [1.165, 1.54) is 0 Å². The first kappa shape index (κ1) is 18.7. The molecule has 1 fully saturated rings. The summed E-state index contributed by atoms with van der Waals surface area (Å²) in [6.07, 6.45) is 3.75. The number of amides is 1. The van der Waals surface area contributed by atoms with Gasteiger partial charge in [-0.15, -0.1) is 0 Å². The second kappa shape index (κ2) is 9.03. The fraction of sp³-hybridized carbons (Fsp3) is 0.588. The smallest absolute Gasteiger partial charge is 0.410 e. The summed E-state index contributed by atoms with van der Waals surface area (Å²) in [7, 11) is 0.644. The van der Waals surface area contributed by atoms with E-state index in [1.807, 2.05) is 31.2 Å². The van der Waals surface area contributed by atoms with E-state index >= 15 is 0 Å². The van der Waals surface area contributed by atoms with E-state index in [0.29, 0.717) is 13.1 Å². The predicted molar refractivity (Wildman–Crippen MR) is 94.3 cm³/mol. The van der Waals surface area contributed by atoms with Crippen molar-refractivity contribution in [3.05, 3.63) is 29.8 Å². The molecule has 1 saturated heterocycles. The average molecular weight is 354 g/mol. The van der Waals surface area contributed by atoms with Crippen LogP contribution < -0.4 is 9.46 Å². The van der Waals surface area contributed by atoms with Gasteiger partial charge in [0.25, 0.3) is 0 Å².